The van der Waals surface area contributed by atoms with E-state index < -0.39 is 0 Å². The topological polar surface area (TPSA) is 63.2 Å². The molecule has 0 atom stereocenters. The Morgan fingerprint density at radius 1 is 1.50 bits per heavy atom. The molecule has 74 valence electrons. The van der Waals surface area contributed by atoms with E-state index in [-0.39, 0.29) is 5.91 Å². The highest BCUT2D eigenvalue weighted by molar-refractivity contribution is 5.95. The van der Waals surface area contributed by atoms with E-state index in [0.717, 1.165) is 0 Å². The lowest BCUT2D eigenvalue weighted by atomic mass is 10.3. The van der Waals surface area contributed by atoms with Gasteiger partial charge in [0.1, 0.15) is 0 Å². The molecule has 2 rings (SSSR count). The lowest BCUT2D eigenvalue weighted by Gasteiger charge is -2.07. The van der Waals surface area contributed by atoms with Crippen LogP contribution in [0.15, 0.2) is 12.1 Å². The first-order valence-electron chi connectivity index (χ1n) is 4.38. The molecule has 0 aromatic carbocycles. The van der Waals surface area contributed by atoms with Gasteiger partial charge in [-0.2, -0.15) is 4.98 Å². The molecule has 1 aromatic heterocycles. The number of aromatic nitrogens is 1. The summed E-state index contributed by atoms with van der Waals surface area (Å²) in [4.78, 5) is 15.4. The Balaban J connectivity index is 2.35. The van der Waals surface area contributed by atoms with Crippen LogP contribution in [0.4, 0.5) is 11.5 Å². The van der Waals surface area contributed by atoms with Gasteiger partial charge in [-0.1, -0.05) is 0 Å². The van der Waals surface area contributed by atoms with Crippen LogP contribution in [0.25, 0.3) is 0 Å². The Hall–Kier alpha value is -1.78. The molecule has 5 nitrogen and oxygen atoms in total. The highest BCUT2D eigenvalue weighted by Crippen LogP contribution is 2.24. The molecular weight excluding hydrogens is 182 g/mol. The fourth-order valence-electron chi connectivity index (χ4n) is 1.30. The van der Waals surface area contributed by atoms with Gasteiger partial charge in [-0.3, -0.25) is 4.79 Å². The number of anilines is 2. The molecule has 1 amide bonds. The van der Waals surface area contributed by atoms with E-state index in [1.807, 2.05) is 0 Å². The second kappa shape index (κ2) is 3.53. The summed E-state index contributed by atoms with van der Waals surface area (Å²) in [5, 5.41) is 5.81. The van der Waals surface area contributed by atoms with Gasteiger partial charge in [0.2, 0.25) is 11.8 Å². The van der Waals surface area contributed by atoms with Crippen LogP contribution < -0.4 is 15.4 Å². The van der Waals surface area contributed by atoms with Crippen molar-refractivity contribution in [2.75, 3.05) is 24.3 Å². The molecular formula is C9H11N3O2. The van der Waals surface area contributed by atoms with Crippen molar-refractivity contribution < 1.29 is 9.53 Å². The molecule has 0 spiro atoms. The first-order chi connectivity index (χ1) is 6.79. The summed E-state index contributed by atoms with van der Waals surface area (Å²) in [5.41, 5.74) is 0.702. The van der Waals surface area contributed by atoms with Crippen molar-refractivity contribution in [2.45, 2.75) is 6.42 Å². The van der Waals surface area contributed by atoms with Gasteiger partial charge in [0, 0.05) is 19.0 Å². The molecule has 0 bridgehead atoms. The van der Waals surface area contributed by atoms with Crippen molar-refractivity contribution in [1.29, 1.82) is 0 Å². The normalized spacial score (nSPS) is 14.8. The van der Waals surface area contributed by atoms with Gasteiger partial charge in [0.25, 0.3) is 0 Å². The van der Waals surface area contributed by atoms with Gasteiger partial charge in [-0.15, -0.1) is 0 Å². The second-order valence-corrected chi connectivity index (χ2v) is 2.97. The van der Waals surface area contributed by atoms with Gasteiger partial charge in [-0.05, 0) is 6.07 Å². The average molecular weight is 193 g/mol. The number of nitrogens with one attached hydrogen (secondary N) is 2. The maximum atomic E-state index is 11.2. The Morgan fingerprint density at radius 2 is 2.36 bits per heavy atom. The van der Waals surface area contributed by atoms with E-state index in [2.05, 4.69) is 15.6 Å². The monoisotopic (exact) mass is 193 g/mol. The Bertz CT molecular complexity index is 365. The molecule has 0 aliphatic carbocycles. The van der Waals surface area contributed by atoms with Gasteiger partial charge in [0.05, 0.1) is 12.8 Å². The number of amides is 1. The minimum atomic E-state index is 0.00298. The van der Waals surface area contributed by atoms with Crippen LogP contribution in [0.5, 0.6) is 5.88 Å². The van der Waals surface area contributed by atoms with Gasteiger partial charge < -0.3 is 15.4 Å². The molecule has 5 heteroatoms. The van der Waals surface area contributed by atoms with Crippen LogP contribution in [0, 0.1) is 0 Å². The molecule has 0 radical (unpaired) electrons. The van der Waals surface area contributed by atoms with E-state index in [4.69, 9.17) is 4.74 Å². The maximum absolute atomic E-state index is 11.2. The van der Waals surface area contributed by atoms with Crippen LogP contribution in [-0.4, -0.2) is 24.5 Å². The summed E-state index contributed by atoms with van der Waals surface area (Å²) in [6, 6.07) is 3.49. The fourth-order valence-corrected chi connectivity index (χ4v) is 1.30. The number of hydrogen-bond acceptors (Lipinski definition) is 4. The quantitative estimate of drug-likeness (QED) is 0.693. The first kappa shape index (κ1) is 8.80. The Labute approximate surface area is 81.5 Å². The molecule has 1 aliphatic heterocycles. The fraction of sp³-hybridized carbons (Fsp3) is 0.333. The van der Waals surface area contributed by atoms with Crippen molar-refractivity contribution in [3.8, 4) is 5.88 Å². The summed E-state index contributed by atoms with van der Waals surface area (Å²) in [6.45, 7) is 0.596. The summed E-state index contributed by atoms with van der Waals surface area (Å²) < 4.78 is 4.98. The summed E-state index contributed by atoms with van der Waals surface area (Å²) in [6.07, 6.45) is 0.457. The summed E-state index contributed by atoms with van der Waals surface area (Å²) in [7, 11) is 1.56. The predicted octanol–water partition coefficient (Wildman–Crippen LogP) is 0.844. The average Bonchev–Trinajstić information content (AvgIpc) is 2.37. The molecule has 0 saturated carbocycles. The Kier molecular flexibility index (Phi) is 2.22. The van der Waals surface area contributed by atoms with Crippen LogP contribution >= 0.6 is 0 Å². The van der Waals surface area contributed by atoms with Crippen LogP contribution in [-0.2, 0) is 4.79 Å². The third kappa shape index (κ3) is 1.61. The van der Waals surface area contributed by atoms with Crippen LogP contribution in [0.2, 0.25) is 0 Å². The summed E-state index contributed by atoms with van der Waals surface area (Å²) in [5.74, 6) is 1.20. The van der Waals surface area contributed by atoms with E-state index in [0.29, 0.717) is 30.4 Å². The van der Waals surface area contributed by atoms with Crippen molar-refractivity contribution in [3.05, 3.63) is 12.1 Å². The zero-order valence-electron chi connectivity index (χ0n) is 7.83. The first-order valence-corrected chi connectivity index (χ1v) is 4.38. The molecule has 0 fully saturated rings. The summed E-state index contributed by atoms with van der Waals surface area (Å²) >= 11 is 0. The van der Waals surface area contributed by atoms with Crippen LogP contribution in [0.3, 0.4) is 0 Å². The number of carbonyl (C=O) groups is 1. The van der Waals surface area contributed by atoms with E-state index >= 15 is 0 Å². The minimum absolute atomic E-state index is 0.00298. The van der Waals surface area contributed by atoms with Crippen molar-refractivity contribution in [1.82, 2.24) is 4.98 Å². The molecule has 0 unspecified atom stereocenters. The highest BCUT2D eigenvalue weighted by Gasteiger charge is 2.13. The number of pyridine rings is 1. The van der Waals surface area contributed by atoms with Crippen molar-refractivity contribution >= 4 is 17.4 Å². The molecule has 1 aromatic rings. The predicted molar refractivity (Wildman–Crippen MR) is 52.5 cm³/mol. The zero-order chi connectivity index (χ0) is 9.97. The molecule has 2 N–H and O–H groups in total. The van der Waals surface area contributed by atoms with Crippen molar-refractivity contribution in [2.24, 2.45) is 0 Å². The number of fused-ring (bicyclic) bond motifs is 1. The van der Waals surface area contributed by atoms with E-state index in [9.17, 15) is 4.79 Å². The van der Waals surface area contributed by atoms with Gasteiger partial charge in [-0.25, -0.2) is 0 Å². The second-order valence-electron chi connectivity index (χ2n) is 2.97. The number of hydrogen-bond donors (Lipinski definition) is 2. The minimum Gasteiger partial charge on any atom is -0.481 e. The van der Waals surface area contributed by atoms with E-state index in [1.165, 1.54) is 0 Å². The third-order valence-electron chi connectivity index (χ3n) is 2.00. The maximum Gasteiger partial charge on any atom is 0.226 e. The SMILES string of the molecule is COc1ccc2c(n1)NCCC(=O)N2. The number of nitrogens with zero attached hydrogens (tertiary/aromatic N) is 1. The molecule has 0 saturated heterocycles. The third-order valence-corrected chi connectivity index (χ3v) is 2.00. The number of ether oxygens (including phenoxy) is 1. The largest absolute Gasteiger partial charge is 0.481 e. The van der Waals surface area contributed by atoms with Gasteiger partial charge in [0.15, 0.2) is 5.82 Å². The number of rotatable bonds is 1. The zero-order valence-corrected chi connectivity index (χ0v) is 7.83. The van der Waals surface area contributed by atoms with E-state index in [1.54, 1.807) is 19.2 Å². The lowest BCUT2D eigenvalue weighted by Crippen LogP contribution is -2.10. The van der Waals surface area contributed by atoms with Gasteiger partial charge >= 0.3 is 0 Å². The molecule has 1 aliphatic rings. The molecule has 14 heavy (non-hydrogen) atoms. The Morgan fingerprint density at radius 3 is 3.14 bits per heavy atom. The standard InChI is InChI=1S/C9H11N3O2/c1-14-8-3-2-6-9(12-8)10-5-4-7(13)11-6/h2-3H,4-5H2,1H3,(H,10,12)(H,11,13). The smallest absolute Gasteiger partial charge is 0.226 e. The van der Waals surface area contributed by atoms with Crippen LogP contribution in [0.1, 0.15) is 6.42 Å². The number of carbonyl (C=O) groups excluding carboxylic acids is 1. The van der Waals surface area contributed by atoms with Crippen molar-refractivity contribution in [3.63, 3.8) is 0 Å². The number of methoxy groups -OCH3 is 1. The molecule has 2 heterocycles. The highest BCUT2D eigenvalue weighted by atomic mass is 16.5. The lowest BCUT2D eigenvalue weighted by molar-refractivity contribution is -0.115.